The smallest absolute Gasteiger partial charge is 0.409 e. The van der Waals surface area contributed by atoms with Crippen LogP contribution in [0.5, 0.6) is 0 Å². The number of rotatable bonds is 6. The molecule has 7 nitrogen and oxygen atoms in total. The number of aromatic nitrogens is 1. The van der Waals surface area contributed by atoms with Crippen LogP contribution < -0.4 is 5.32 Å². The van der Waals surface area contributed by atoms with Crippen LogP contribution in [0, 0.1) is 13.8 Å². The number of piperazine rings is 1. The molecule has 0 radical (unpaired) electrons. The number of nitrogens with zero attached hydrogens (tertiary/aromatic N) is 3. The zero-order valence-corrected chi connectivity index (χ0v) is 20.6. The van der Waals surface area contributed by atoms with Gasteiger partial charge in [-0.05, 0) is 50.1 Å². The maximum absolute atomic E-state index is 13.0. The van der Waals surface area contributed by atoms with E-state index in [4.69, 9.17) is 4.74 Å². The van der Waals surface area contributed by atoms with Gasteiger partial charge in [-0.1, -0.05) is 24.3 Å². The summed E-state index contributed by atoms with van der Waals surface area (Å²) in [7, 11) is 0. The molecule has 1 N–H and O–H groups in total. The molecule has 1 aliphatic rings. The molecule has 2 amide bonds. The van der Waals surface area contributed by atoms with Crippen LogP contribution in [0.15, 0.2) is 54.9 Å². The van der Waals surface area contributed by atoms with Gasteiger partial charge in [0.05, 0.1) is 12.6 Å². The number of anilines is 1. The van der Waals surface area contributed by atoms with Gasteiger partial charge in [-0.15, -0.1) is 11.3 Å². The maximum Gasteiger partial charge on any atom is 0.409 e. The number of ether oxygens (including phenoxy) is 1. The molecular weight excluding hydrogens is 448 g/mol. The fourth-order valence-electron chi connectivity index (χ4n) is 4.31. The van der Waals surface area contributed by atoms with E-state index in [1.807, 2.05) is 49.5 Å². The molecule has 3 heterocycles. The molecule has 3 aromatic rings. The van der Waals surface area contributed by atoms with E-state index in [1.165, 1.54) is 0 Å². The number of aryl methyl sites for hydroxylation is 1. The number of hydrogen-bond acceptors (Lipinski definition) is 6. The van der Waals surface area contributed by atoms with E-state index < -0.39 is 0 Å². The summed E-state index contributed by atoms with van der Waals surface area (Å²) in [6.07, 6.45) is 3.39. The zero-order valence-electron chi connectivity index (χ0n) is 19.8. The summed E-state index contributed by atoms with van der Waals surface area (Å²) in [4.78, 5) is 34.9. The van der Waals surface area contributed by atoms with E-state index >= 15 is 0 Å². The Morgan fingerprint density at radius 1 is 1.09 bits per heavy atom. The van der Waals surface area contributed by atoms with Gasteiger partial charge in [-0.2, -0.15) is 0 Å². The molecule has 1 aromatic carbocycles. The zero-order chi connectivity index (χ0) is 24.1. The molecule has 178 valence electrons. The Balaban J connectivity index is 1.67. The Bertz CT molecular complexity index is 1130. The van der Waals surface area contributed by atoms with Crippen LogP contribution in [0.3, 0.4) is 0 Å². The van der Waals surface area contributed by atoms with Crippen molar-refractivity contribution in [3.8, 4) is 0 Å². The predicted octanol–water partition coefficient (Wildman–Crippen LogP) is 4.88. The van der Waals surface area contributed by atoms with Gasteiger partial charge in [-0.3, -0.25) is 14.7 Å². The van der Waals surface area contributed by atoms with Crippen molar-refractivity contribution in [1.29, 1.82) is 0 Å². The van der Waals surface area contributed by atoms with Gasteiger partial charge in [0.15, 0.2) is 0 Å². The third-order valence-electron chi connectivity index (χ3n) is 6.17. The summed E-state index contributed by atoms with van der Waals surface area (Å²) in [5.74, 6) is -0.125. The molecule has 0 bridgehead atoms. The molecule has 2 aromatic heterocycles. The standard InChI is InChI=1S/C26H30N4O3S/c1-4-33-26(32)30-15-13-29(14-16-30)23(21-11-8-12-27-17-21)22-18(2)19(3)34-25(22)28-24(31)20-9-6-5-7-10-20/h5-12,17,23H,4,13-16H2,1-3H3,(H,28,31)/t23-/m0/s1. The lowest BCUT2D eigenvalue weighted by Gasteiger charge is -2.39. The highest BCUT2D eigenvalue weighted by Crippen LogP contribution is 2.42. The fourth-order valence-corrected chi connectivity index (χ4v) is 5.39. The van der Waals surface area contributed by atoms with E-state index in [0.29, 0.717) is 38.3 Å². The van der Waals surface area contributed by atoms with Gasteiger partial charge in [0, 0.05) is 54.6 Å². The molecule has 0 unspecified atom stereocenters. The van der Waals surface area contributed by atoms with Crippen LogP contribution in [-0.2, 0) is 4.74 Å². The Morgan fingerprint density at radius 3 is 2.47 bits per heavy atom. The van der Waals surface area contributed by atoms with Crippen molar-refractivity contribution in [1.82, 2.24) is 14.8 Å². The summed E-state index contributed by atoms with van der Waals surface area (Å²) in [6.45, 7) is 8.94. The maximum atomic E-state index is 13.0. The summed E-state index contributed by atoms with van der Waals surface area (Å²) < 4.78 is 5.19. The minimum Gasteiger partial charge on any atom is -0.450 e. The van der Waals surface area contributed by atoms with Crippen LogP contribution in [0.4, 0.5) is 9.80 Å². The molecule has 0 saturated carbocycles. The van der Waals surface area contributed by atoms with Crippen LogP contribution in [0.2, 0.25) is 0 Å². The first-order chi connectivity index (χ1) is 16.5. The third kappa shape index (κ3) is 5.13. The lowest BCUT2D eigenvalue weighted by atomic mass is 9.95. The Labute approximate surface area is 204 Å². The molecular formula is C26H30N4O3S. The van der Waals surface area contributed by atoms with Crippen molar-refractivity contribution >= 4 is 28.3 Å². The average Bonchev–Trinajstić information content (AvgIpc) is 3.14. The van der Waals surface area contributed by atoms with E-state index in [-0.39, 0.29) is 18.0 Å². The molecule has 0 aliphatic carbocycles. The topological polar surface area (TPSA) is 74.8 Å². The predicted molar refractivity (Wildman–Crippen MR) is 134 cm³/mol. The van der Waals surface area contributed by atoms with Crippen LogP contribution in [0.1, 0.15) is 44.9 Å². The number of thiophene rings is 1. The Morgan fingerprint density at radius 2 is 1.82 bits per heavy atom. The molecule has 1 atom stereocenters. The van der Waals surface area contributed by atoms with Crippen molar-refractivity contribution in [3.05, 3.63) is 82.0 Å². The largest absolute Gasteiger partial charge is 0.450 e. The molecule has 1 saturated heterocycles. The molecule has 8 heteroatoms. The number of benzene rings is 1. The number of carbonyl (C=O) groups excluding carboxylic acids is 2. The Kier molecular flexibility index (Phi) is 7.59. The monoisotopic (exact) mass is 478 g/mol. The van der Waals surface area contributed by atoms with Crippen LogP contribution in [-0.4, -0.2) is 59.6 Å². The first-order valence-electron chi connectivity index (χ1n) is 11.5. The summed E-state index contributed by atoms with van der Waals surface area (Å²) in [5, 5.41) is 4.02. The van der Waals surface area contributed by atoms with Crippen molar-refractivity contribution in [2.75, 3.05) is 38.1 Å². The van der Waals surface area contributed by atoms with Crippen molar-refractivity contribution in [2.45, 2.75) is 26.8 Å². The minimum atomic E-state index is -0.265. The molecule has 4 rings (SSSR count). The lowest BCUT2D eigenvalue weighted by molar-refractivity contribution is 0.0714. The van der Waals surface area contributed by atoms with Gasteiger partial charge in [-0.25, -0.2) is 4.79 Å². The number of nitrogens with one attached hydrogen (secondary N) is 1. The van der Waals surface area contributed by atoms with Gasteiger partial charge >= 0.3 is 6.09 Å². The number of hydrogen-bond donors (Lipinski definition) is 1. The van der Waals surface area contributed by atoms with Gasteiger partial charge in [0.25, 0.3) is 5.91 Å². The summed E-state index contributed by atoms with van der Waals surface area (Å²) >= 11 is 1.60. The highest BCUT2D eigenvalue weighted by molar-refractivity contribution is 7.16. The van der Waals surface area contributed by atoms with Gasteiger partial charge in [0.2, 0.25) is 0 Å². The second kappa shape index (κ2) is 10.8. The van der Waals surface area contributed by atoms with Gasteiger partial charge < -0.3 is 15.0 Å². The molecule has 0 spiro atoms. The highest BCUT2D eigenvalue weighted by atomic mass is 32.1. The summed E-state index contributed by atoms with van der Waals surface area (Å²) in [5.41, 5.74) is 3.93. The van der Waals surface area contributed by atoms with Crippen LogP contribution >= 0.6 is 11.3 Å². The fraction of sp³-hybridized carbons (Fsp3) is 0.346. The van der Waals surface area contributed by atoms with Crippen molar-refractivity contribution < 1.29 is 14.3 Å². The molecule has 34 heavy (non-hydrogen) atoms. The van der Waals surface area contributed by atoms with Crippen molar-refractivity contribution in [2.24, 2.45) is 0 Å². The summed E-state index contributed by atoms with van der Waals surface area (Å²) in [6, 6.07) is 13.2. The number of amides is 2. The van der Waals surface area contributed by atoms with E-state index in [9.17, 15) is 9.59 Å². The quantitative estimate of drug-likeness (QED) is 0.547. The van der Waals surface area contributed by atoms with Crippen molar-refractivity contribution in [3.63, 3.8) is 0 Å². The first kappa shape index (κ1) is 23.9. The third-order valence-corrected chi connectivity index (χ3v) is 7.31. The minimum absolute atomic E-state index is 0.0888. The number of pyridine rings is 1. The van der Waals surface area contributed by atoms with E-state index in [2.05, 4.69) is 35.1 Å². The van der Waals surface area contributed by atoms with E-state index in [0.717, 1.165) is 26.6 Å². The highest BCUT2D eigenvalue weighted by Gasteiger charge is 2.33. The first-order valence-corrected chi connectivity index (χ1v) is 12.3. The lowest BCUT2D eigenvalue weighted by Crippen LogP contribution is -2.50. The number of carbonyl (C=O) groups is 2. The normalized spacial score (nSPS) is 15.1. The second-order valence-electron chi connectivity index (χ2n) is 8.26. The second-order valence-corrected chi connectivity index (χ2v) is 9.48. The van der Waals surface area contributed by atoms with E-state index in [1.54, 1.807) is 22.4 Å². The SMILES string of the molecule is CCOC(=O)N1CCN([C@@H](c2cccnc2)c2c(NC(=O)c3ccccc3)sc(C)c2C)CC1. The Hall–Kier alpha value is -3.23. The van der Waals surface area contributed by atoms with Gasteiger partial charge in [0.1, 0.15) is 5.00 Å². The average molecular weight is 479 g/mol. The molecule has 1 fully saturated rings. The molecule has 1 aliphatic heterocycles. The van der Waals surface area contributed by atoms with Crippen LogP contribution in [0.25, 0.3) is 0 Å².